The van der Waals surface area contributed by atoms with E-state index < -0.39 is 0 Å². The fourth-order valence-corrected chi connectivity index (χ4v) is 3.76. The van der Waals surface area contributed by atoms with Crippen LogP contribution >= 0.6 is 11.8 Å². The van der Waals surface area contributed by atoms with Crippen LogP contribution in [-0.4, -0.2) is 48.6 Å². The largest absolute Gasteiger partial charge is 0.497 e. The van der Waals surface area contributed by atoms with Crippen LogP contribution in [0.5, 0.6) is 5.75 Å². The molecule has 3 aromatic rings. The molecule has 30 heavy (non-hydrogen) atoms. The molecule has 0 aliphatic heterocycles. The molecule has 0 aliphatic carbocycles. The van der Waals surface area contributed by atoms with E-state index in [0.717, 1.165) is 17.7 Å². The molecule has 0 radical (unpaired) electrons. The molecule has 1 heterocycles. The Bertz CT molecular complexity index is 1050. The molecule has 0 unspecified atom stereocenters. The van der Waals surface area contributed by atoms with Gasteiger partial charge in [-0.25, -0.2) is 4.98 Å². The maximum absolute atomic E-state index is 13.1. The van der Waals surface area contributed by atoms with Crippen molar-refractivity contribution in [2.45, 2.75) is 18.1 Å². The van der Waals surface area contributed by atoms with Gasteiger partial charge in [-0.3, -0.25) is 14.2 Å². The summed E-state index contributed by atoms with van der Waals surface area (Å²) in [5.41, 5.74) is 1.44. The minimum absolute atomic E-state index is 0.102. The zero-order valence-electron chi connectivity index (χ0n) is 17.1. The number of thioether (sulfide) groups is 1. The lowest BCUT2D eigenvalue weighted by atomic mass is 10.2. The number of hydrogen-bond acceptors (Lipinski definition) is 6. The van der Waals surface area contributed by atoms with E-state index in [9.17, 15) is 9.59 Å². The predicted molar refractivity (Wildman–Crippen MR) is 118 cm³/mol. The first-order chi connectivity index (χ1) is 14.6. The molecule has 3 rings (SSSR count). The highest BCUT2D eigenvalue weighted by molar-refractivity contribution is 7.99. The van der Waals surface area contributed by atoms with Gasteiger partial charge in [-0.15, -0.1) is 0 Å². The standard InChI is InChI=1S/C22H25N3O4S/c1-28-13-5-12-23-20(26)15-30-22-24-19-7-4-3-6-18(19)21(27)25(22)14-16-8-10-17(29-2)11-9-16/h3-4,6-11H,5,12-15H2,1-2H3,(H,23,26). The van der Waals surface area contributed by atoms with Crippen LogP contribution in [0.25, 0.3) is 10.9 Å². The number of nitrogens with zero attached hydrogens (tertiary/aromatic N) is 2. The second-order valence-electron chi connectivity index (χ2n) is 6.64. The summed E-state index contributed by atoms with van der Waals surface area (Å²) in [4.78, 5) is 30.0. The van der Waals surface area contributed by atoms with Gasteiger partial charge in [0.1, 0.15) is 5.75 Å². The third-order valence-electron chi connectivity index (χ3n) is 4.51. The van der Waals surface area contributed by atoms with E-state index in [-0.39, 0.29) is 17.2 Å². The number of nitrogens with one attached hydrogen (secondary N) is 1. The Hall–Kier alpha value is -2.84. The maximum Gasteiger partial charge on any atom is 0.262 e. The number of aromatic nitrogens is 2. The lowest BCUT2D eigenvalue weighted by Crippen LogP contribution is -2.28. The normalized spacial score (nSPS) is 10.9. The zero-order chi connectivity index (χ0) is 21.3. The maximum atomic E-state index is 13.1. The fraction of sp³-hybridized carbons (Fsp3) is 0.318. The number of amides is 1. The predicted octanol–water partition coefficient (Wildman–Crippen LogP) is 2.70. The molecule has 0 atom stereocenters. The average molecular weight is 428 g/mol. The van der Waals surface area contributed by atoms with Gasteiger partial charge in [0.15, 0.2) is 5.16 Å². The van der Waals surface area contributed by atoms with E-state index in [4.69, 9.17) is 9.47 Å². The minimum Gasteiger partial charge on any atom is -0.497 e. The number of carbonyl (C=O) groups is 1. The number of hydrogen-bond donors (Lipinski definition) is 1. The molecule has 1 aromatic heterocycles. The smallest absolute Gasteiger partial charge is 0.262 e. The number of fused-ring (bicyclic) bond motifs is 1. The highest BCUT2D eigenvalue weighted by Gasteiger charge is 2.14. The van der Waals surface area contributed by atoms with Crippen LogP contribution < -0.4 is 15.6 Å². The van der Waals surface area contributed by atoms with Gasteiger partial charge in [0, 0.05) is 20.3 Å². The van der Waals surface area contributed by atoms with Crippen molar-refractivity contribution in [3.8, 4) is 5.75 Å². The number of ether oxygens (including phenoxy) is 2. The molecular weight excluding hydrogens is 402 g/mol. The fourth-order valence-electron chi connectivity index (χ4n) is 2.94. The topological polar surface area (TPSA) is 82.5 Å². The summed E-state index contributed by atoms with van der Waals surface area (Å²) >= 11 is 1.26. The summed E-state index contributed by atoms with van der Waals surface area (Å²) in [6.45, 7) is 1.51. The molecule has 158 valence electrons. The Morgan fingerprint density at radius 2 is 1.90 bits per heavy atom. The SMILES string of the molecule is COCCCNC(=O)CSc1nc2ccccc2c(=O)n1Cc1ccc(OC)cc1. The van der Waals surface area contributed by atoms with Gasteiger partial charge in [-0.1, -0.05) is 36.0 Å². The van der Waals surface area contributed by atoms with Crippen molar-refractivity contribution < 1.29 is 14.3 Å². The summed E-state index contributed by atoms with van der Waals surface area (Å²) < 4.78 is 11.8. The lowest BCUT2D eigenvalue weighted by Gasteiger charge is -2.13. The van der Waals surface area contributed by atoms with Gasteiger partial charge >= 0.3 is 0 Å². The quantitative estimate of drug-likeness (QED) is 0.304. The summed E-state index contributed by atoms with van der Waals surface area (Å²) in [5.74, 6) is 0.831. The highest BCUT2D eigenvalue weighted by atomic mass is 32.2. The molecule has 8 heteroatoms. The number of benzene rings is 2. The molecule has 0 aliphatic rings. The van der Waals surface area contributed by atoms with Gasteiger partial charge in [-0.2, -0.15) is 0 Å². The molecule has 0 saturated heterocycles. The molecule has 0 bridgehead atoms. The third kappa shape index (κ3) is 5.61. The van der Waals surface area contributed by atoms with Gasteiger partial charge in [0.05, 0.1) is 30.3 Å². The van der Waals surface area contributed by atoms with Gasteiger partial charge in [-0.05, 0) is 36.2 Å². The third-order valence-corrected chi connectivity index (χ3v) is 5.48. The van der Waals surface area contributed by atoms with E-state index in [1.165, 1.54) is 11.8 Å². The first-order valence-corrected chi connectivity index (χ1v) is 10.6. The van der Waals surface area contributed by atoms with E-state index in [1.807, 2.05) is 42.5 Å². The number of methoxy groups -OCH3 is 2. The molecular formula is C22H25N3O4S. The zero-order valence-corrected chi connectivity index (χ0v) is 17.9. The Kier molecular flexibility index (Phi) is 7.87. The molecule has 1 amide bonds. The van der Waals surface area contributed by atoms with Crippen LogP contribution in [0.4, 0.5) is 0 Å². The Labute approximate surface area is 179 Å². The van der Waals surface area contributed by atoms with Crippen molar-refractivity contribution in [2.75, 3.05) is 33.1 Å². The minimum atomic E-state index is -0.126. The highest BCUT2D eigenvalue weighted by Crippen LogP contribution is 2.20. The van der Waals surface area contributed by atoms with Gasteiger partial charge in [0.2, 0.25) is 5.91 Å². The summed E-state index contributed by atoms with van der Waals surface area (Å²) in [6, 6.07) is 14.8. The van der Waals surface area contributed by atoms with Crippen molar-refractivity contribution in [3.63, 3.8) is 0 Å². The lowest BCUT2D eigenvalue weighted by molar-refractivity contribution is -0.118. The van der Waals surface area contributed by atoms with Crippen molar-refractivity contribution in [2.24, 2.45) is 0 Å². The Morgan fingerprint density at radius 1 is 1.13 bits per heavy atom. The van der Waals surface area contributed by atoms with Crippen molar-refractivity contribution in [3.05, 3.63) is 64.4 Å². The van der Waals surface area contributed by atoms with Gasteiger partial charge < -0.3 is 14.8 Å². The molecule has 0 fully saturated rings. The van der Waals surface area contributed by atoms with Gasteiger partial charge in [0.25, 0.3) is 5.56 Å². The number of rotatable bonds is 10. The summed E-state index contributed by atoms with van der Waals surface area (Å²) in [5, 5.41) is 3.92. The second-order valence-corrected chi connectivity index (χ2v) is 7.58. The van der Waals surface area contributed by atoms with Crippen LogP contribution in [0.3, 0.4) is 0 Å². The summed E-state index contributed by atoms with van der Waals surface area (Å²) in [6.07, 6.45) is 0.753. The molecule has 1 N–H and O–H groups in total. The number of carbonyl (C=O) groups excluding carboxylic acids is 1. The first kappa shape index (κ1) is 21.9. The summed E-state index contributed by atoms with van der Waals surface area (Å²) in [7, 11) is 3.24. The Balaban J connectivity index is 1.83. The van der Waals surface area contributed by atoms with Crippen LogP contribution in [0.2, 0.25) is 0 Å². The van der Waals surface area contributed by atoms with Crippen LogP contribution in [-0.2, 0) is 16.1 Å². The molecule has 0 saturated carbocycles. The van der Waals surface area contributed by atoms with Crippen molar-refractivity contribution in [1.82, 2.24) is 14.9 Å². The van der Waals surface area contributed by atoms with Crippen LogP contribution in [0, 0.1) is 0 Å². The van der Waals surface area contributed by atoms with Crippen LogP contribution in [0.15, 0.2) is 58.5 Å². The van der Waals surface area contributed by atoms with E-state index in [2.05, 4.69) is 10.3 Å². The number of para-hydroxylation sites is 1. The first-order valence-electron chi connectivity index (χ1n) is 9.63. The molecule has 0 spiro atoms. The second kappa shape index (κ2) is 10.8. The van der Waals surface area contributed by atoms with E-state index >= 15 is 0 Å². The van der Waals surface area contributed by atoms with Crippen molar-refractivity contribution >= 4 is 28.6 Å². The Morgan fingerprint density at radius 3 is 2.63 bits per heavy atom. The van der Waals surface area contributed by atoms with Crippen LogP contribution in [0.1, 0.15) is 12.0 Å². The van der Waals surface area contributed by atoms with Crippen molar-refractivity contribution in [1.29, 1.82) is 0 Å². The van der Waals surface area contributed by atoms with E-state index in [0.29, 0.717) is 35.8 Å². The van der Waals surface area contributed by atoms with E-state index in [1.54, 1.807) is 24.9 Å². The molecule has 2 aromatic carbocycles. The average Bonchev–Trinajstić information content (AvgIpc) is 2.78. The molecule has 7 nitrogen and oxygen atoms in total. The monoisotopic (exact) mass is 427 g/mol.